The van der Waals surface area contributed by atoms with Gasteiger partial charge in [-0.2, -0.15) is 0 Å². The highest BCUT2D eigenvalue weighted by atomic mass is 16.2. The van der Waals surface area contributed by atoms with Gasteiger partial charge in [0.1, 0.15) is 0 Å². The minimum absolute atomic E-state index is 0.0590. The molecule has 0 spiro atoms. The van der Waals surface area contributed by atoms with Crippen LogP contribution in [0.1, 0.15) is 61.4 Å². The molecule has 2 unspecified atom stereocenters. The van der Waals surface area contributed by atoms with Gasteiger partial charge in [-0.3, -0.25) is 9.59 Å². The van der Waals surface area contributed by atoms with Gasteiger partial charge in [0.2, 0.25) is 5.91 Å². The Bertz CT molecular complexity index is 653. The fourth-order valence-electron chi connectivity index (χ4n) is 4.01. The van der Waals surface area contributed by atoms with Crippen LogP contribution in [-0.2, 0) is 4.79 Å². The molecule has 26 heavy (non-hydrogen) atoms. The Morgan fingerprint density at radius 2 is 2.12 bits per heavy atom. The highest BCUT2D eigenvalue weighted by Gasteiger charge is 2.24. The van der Waals surface area contributed by atoms with Crippen LogP contribution in [-0.4, -0.2) is 42.4 Å². The number of rotatable bonds is 5. The van der Waals surface area contributed by atoms with Crippen molar-refractivity contribution >= 4 is 17.5 Å². The molecule has 0 aromatic heterocycles. The van der Waals surface area contributed by atoms with Crippen LogP contribution in [0.15, 0.2) is 18.2 Å². The Morgan fingerprint density at radius 3 is 2.81 bits per heavy atom. The monoisotopic (exact) mass is 357 g/mol. The summed E-state index contributed by atoms with van der Waals surface area (Å²) in [5.41, 5.74) is 2.46. The van der Waals surface area contributed by atoms with Crippen molar-refractivity contribution in [3.8, 4) is 0 Å². The average molecular weight is 357 g/mol. The predicted octanol–water partition coefficient (Wildman–Crippen LogP) is 3.34. The molecule has 0 aliphatic carbocycles. The van der Waals surface area contributed by atoms with Crippen LogP contribution < -0.4 is 10.6 Å². The van der Waals surface area contributed by atoms with Gasteiger partial charge in [-0.05, 0) is 88.7 Å². The molecule has 0 saturated carbocycles. The third-order valence-corrected chi connectivity index (χ3v) is 5.75. The first-order chi connectivity index (χ1) is 12.5. The molecule has 2 atom stereocenters. The van der Waals surface area contributed by atoms with Crippen LogP contribution in [0.25, 0.3) is 0 Å². The fourth-order valence-corrected chi connectivity index (χ4v) is 4.01. The summed E-state index contributed by atoms with van der Waals surface area (Å²) in [4.78, 5) is 27.0. The number of benzene rings is 1. The molecule has 2 fully saturated rings. The summed E-state index contributed by atoms with van der Waals surface area (Å²) in [7, 11) is 0. The molecule has 5 heteroatoms. The maximum absolute atomic E-state index is 12.8. The number of likely N-dealkylation sites (tertiary alicyclic amines) is 1. The van der Waals surface area contributed by atoms with Gasteiger partial charge < -0.3 is 15.5 Å². The van der Waals surface area contributed by atoms with Crippen molar-refractivity contribution in [1.29, 1.82) is 0 Å². The van der Waals surface area contributed by atoms with Gasteiger partial charge in [0.15, 0.2) is 0 Å². The molecule has 2 aliphatic heterocycles. The maximum atomic E-state index is 12.8. The molecule has 1 aromatic carbocycles. The highest BCUT2D eigenvalue weighted by molar-refractivity contribution is 5.96. The number of aryl methyl sites for hydroxylation is 1. The molecule has 1 aromatic rings. The molecule has 3 rings (SSSR count). The third-order valence-electron chi connectivity index (χ3n) is 5.75. The Hall–Kier alpha value is -1.88. The quantitative estimate of drug-likeness (QED) is 0.850. The SMILES string of the molecule is Cc1cc(C(=O)N2CCCCC2C)ccc1NC(=O)CCC1CCNC1. The van der Waals surface area contributed by atoms with E-state index >= 15 is 0 Å². The standard InChI is InChI=1S/C21H31N3O2/c1-15-13-18(21(26)24-12-4-3-5-16(24)2)7-8-19(15)23-20(25)9-6-17-10-11-22-14-17/h7-8,13,16-17,22H,3-6,9-12,14H2,1-2H3,(H,23,25). The molecule has 5 nitrogen and oxygen atoms in total. The zero-order valence-electron chi connectivity index (χ0n) is 16.0. The summed E-state index contributed by atoms with van der Waals surface area (Å²) < 4.78 is 0. The van der Waals surface area contributed by atoms with Crippen molar-refractivity contribution in [3.63, 3.8) is 0 Å². The zero-order valence-corrected chi connectivity index (χ0v) is 16.0. The van der Waals surface area contributed by atoms with Crippen molar-refractivity contribution in [3.05, 3.63) is 29.3 Å². The molecule has 2 heterocycles. The normalized spacial score (nSPS) is 23.1. The zero-order chi connectivity index (χ0) is 18.5. The lowest BCUT2D eigenvalue weighted by atomic mass is 10.0. The number of hydrogen-bond acceptors (Lipinski definition) is 3. The van der Waals surface area contributed by atoms with Gasteiger partial charge in [-0.25, -0.2) is 0 Å². The van der Waals surface area contributed by atoms with Gasteiger partial charge in [-0.1, -0.05) is 0 Å². The van der Waals surface area contributed by atoms with Crippen molar-refractivity contribution < 1.29 is 9.59 Å². The lowest BCUT2D eigenvalue weighted by molar-refractivity contribution is -0.116. The summed E-state index contributed by atoms with van der Waals surface area (Å²) >= 11 is 0. The molecular weight excluding hydrogens is 326 g/mol. The Morgan fingerprint density at radius 1 is 1.27 bits per heavy atom. The van der Waals surface area contributed by atoms with Gasteiger partial charge in [0, 0.05) is 30.3 Å². The van der Waals surface area contributed by atoms with E-state index in [-0.39, 0.29) is 11.8 Å². The Balaban J connectivity index is 1.58. The van der Waals surface area contributed by atoms with Gasteiger partial charge in [-0.15, -0.1) is 0 Å². The van der Waals surface area contributed by atoms with Gasteiger partial charge >= 0.3 is 0 Å². The molecule has 0 bridgehead atoms. The first-order valence-corrected chi connectivity index (χ1v) is 9.97. The third kappa shape index (κ3) is 4.64. The van der Waals surface area contributed by atoms with Crippen molar-refractivity contribution in [2.24, 2.45) is 5.92 Å². The first kappa shape index (κ1) is 18.9. The van der Waals surface area contributed by atoms with E-state index in [1.807, 2.05) is 30.0 Å². The van der Waals surface area contributed by atoms with Crippen LogP contribution in [0, 0.1) is 12.8 Å². The van der Waals surface area contributed by atoms with E-state index in [0.717, 1.165) is 56.6 Å². The minimum atomic E-state index is 0.0590. The van der Waals surface area contributed by atoms with E-state index in [2.05, 4.69) is 17.6 Å². The van der Waals surface area contributed by atoms with Crippen LogP contribution in [0.5, 0.6) is 0 Å². The topological polar surface area (TPSA) is 61.4 Å². The number of amides is 2. The van der Waals surface area contributed by atoms with E-state index in [4.69, 9.17) is 0 Å². The molecule has 2 amide bonds. The number of anilines is 1. The maximum Gasteiger partial charge on any atom is 0.254 e. The number of nitrogens with one attached hydrogen (secondary N) is 2. The highest BCUT2D eigenvalue weighted by Crippen LogP contribution is 2.23. The molecule has 0 radical (unpaired) electrons. The summed E-state index contributed by atoms with van der Waals surface area (Å²) in [6, 6.07) is 5.92. The van der Waals surface area contributed by atoms with Crippen molar-refractivity contribution in [1.82, 2.24) is 10.2 Å². The Kier molecular flexibility index (Phi) is 6.30. The summed E-state index contributed by atoms with van der Waals surface area (Å²) in [6.45, 7) is 7.01. The lowest BCUT2D eigenvalue weighted by Crippen LogP contribution is -2.42. The smallest absolute Gasteiger partial charge is 0.254 e. The van der Waals surface area contributed by atoms with Crippen LogP contribution in [0.2, 0.25) is 0 Å². The lowest BCUT2D eigenvalue weighted by Gasteiger charge is -2.33. The minimum Gasteiger partial charge on any atom is -0.336 e. The van der Waals surface area contributed by atoms with Gasteiger partial charge in [0.25, 0.3) is 5.91 Å². The summed E-state index contributed by atoms with van der Waals surface area (Å²) in [5, 5.41) is 6.34. The molecule has 2 aliphatic rings. The number of nitrogens with zero attached hydrogens (tertiary/aromatic N) is 1. The van der Waals surface area contributed by atoms with E-state index in [9.17, 15) is 9.59 Å². The number of carbonyl (C=O) groups is 2. The van der Waals surface area contributed by atoms with E-state index in [1.165, 1.54) is 6.42 Å². The van der Waals surface area contributed by atoms with E-state index in [0.29, 0.717) is 23.9 Å². The molecular formula is C21H31N3O2. The number of piperidine rings is 1. The predicted molar refractivity (Wildman–Crippen MR) is 104 cm³/mol. The van der Waals surface area contributed by atoms with Crippen LogP contribution >= 0.6 is 0 Å². The molecule has 2 N–H and O–H groups in total. The van der Waals surface area contributed by atoms with Crippen LogP contribution in [0.4, 0.5) is 5.69 Å². The second-order valence-corrected chi connectivity index (χ2v) is 7.82. The van der Waals surface area contributed by atoms with E-state index in [1.54, 1.807) is 0 Å². The summed E-state index contributed by atoms with van der Waals surface area (Å²) in [6.07, 6.45) is 6.01. The van der Waals surface area contributed by atoms with E-state index < -0.39 is 0 Å². The number of carbonyl (C=O) groups excluding carboxylic acids is 2. The first-order valence-electron chi connectivity index (χ1n) is 9.97. The average Bonchev–Trinajstić information content (AvgIpc) is 3.15. The Labute approximate surface area is 156 Å². The van der Waals surface area contributed by atoms with Crippen molar-refractivity contribution in [2.75, 3.05) is 25.0 Å². The second kappa shape index (κ2) is 8.67. The largest absolute Gasteiger partial charge is 0.336 e. The van der Waals surface area contributed by atoms with Crippen LogP contribution in [0.3, 0.4) is 0 Å². The molecule has 2 saturated heterocycles. The number of hydrogen-bond donors (Lipinski definition) is 2. The molecule has 142 valence electrons. The second-order valence-electron chi connectivity index (χ2n) is 7.82. The van der Waals surface area contributed by atoms with Crippen molar-refractivity contribution in [2.45, 2.75) is 58.4 Å². The summed E-state index contributed by atoms with van der Waals surface area (Å²) in [5.74, 6) is 0.781. The van der Waals surface area contributed by atoms with Gasteiger partial charge in [0.05, 0.1) is 0 Å². The fraction of sp³-hybridized carbons (Fsp3) is 0.619.